The van der Waals surface area contributed by atoms with Crippen molar-refractivity contribution in [3.63, 3.8) is 0 Å². The van der Waals surface area contributed by atoms with Gasteiger partial charge >= 0.3 is 11.9 Å². The predicted octanol–water partition coefficient (Wildman–Crippen LogP) is 6.92. The minimum atomic E-state index is -1.04. The number of nitrogens with one attached hydrogen (secondary N) is 1. The zero-order valence-electron chi connectivity index (χ0n) is 23.6. The highest BCUT2D eigenvalue weighted by Gasteiger charge is 2.32. The number of aliphatic imine (C=N–C) groups is 2. The molecule has 38 heavy (non-hydrogen) atoms. The summed E-state index contributed by atoms with van der Waals surface area (Å²) < 4.78 is 0. The topological polar surface area (TPSA) is 111 Å². The van der Waals surface area contributed by atoms with Gasteiger partial charge in [-0.15, -0.1) is 0 Å². The largest absolute Gasteiger partial charge is 0.481 e. The predicted molar refractivity (Wildman–Crippen MR) is 155 cm³/mol. The molecule has 7 heteroatoms. The summed E-state index contributed by atoms with van der Waals surface area (Å²) in [7, 11) is 0. The normalized spacial score (nSPS) is 21.4. The molecule has 0 spiro atoms. The molecule has 1 heterocycles. The van der Waals surface area contributed by atoms with Crippen LogP contribution in [0.2, 0.25) is 0 Å². The first kappa shape index (κ1) is 30.7. The summed E-state index contributed by atoms with van der Waals surface area (Å²) >= 11 is 0. The van der Waals surface area contributed by atoms with Crippen LogP contribution in [0.25, 0.3) is 0 Å². The molecule has 206 valence electrons. The summed E-state index contributed by atoms with van der Waals surface area (Å²) in [6.07, 6.45) is 9.31. The summed E-state index contributed by atoms with van der Waals surface area (Å²) in [6.45, 7) is 18.2. The van der Waals surface area contributed by atoms with Crippen molar-refractivity contribution in [2.24, 2.45) is 15.9 Å². The van der Waals surface area contributed by atoms with E-state index in [1.54, 1.807) is 0 Å². The van der Waals surface area contributed by atoms with Crippen molar-refractivity contribution >= 4 is 24.4 Å². The average Bonchev–Trinajstić information content (AvgIpc) is 3.19. The van der Waals surface area contributed by atoms with Gasteiger partial charge in [-0.3, -0.25) is 14.8 Å². The van der Waals surface area contributed by atoms with E-state index in [2.05, 4.69) is 54.6 Å². The molecule has 0 aromatic heterocycles. The molecule has 0 radical (unpaired) electrons. The molecule has 0 saturated carbocycles. The van der Waals surface area contributed by atoms with Crippen LogP contribution < -0.4 is 5.32 Å². The maximum absolute atomic E-state index is 12.4. The third kappa shape index (κ3) is 7.76. The highest BCUT2D eigenvalue weighted by Crippen LogP contribution is 2.37. The Labute approximate surface area is 227 Å². The Morgan fingerprint density at radius 3 is 2.37 bits per heavy atom. The van der Waals surface area contributed by atoms with Crippen LogP contribution >= 0.6 is 0 Å². The molecule has 0 bridgehead atoms. The van der Waals surface area contributed by atoms with Gasteiger partial charge in [0.2, 0.25) is 0 Å². The smallest absolute Gasteiger partial charge is 0.339 e. The standard InChI is InChI=1S/C31H43N3O4/c1-8-25-20(6)21(12-11-13-22(25)18-27(32-7)19(4)5)16-24-17-23(14-15-28(35)36)30(34-24)29(31(37)38)26(9-2)33-10-3/h16,18,23,34H,4,7-15,17H2,1-3,5-6H3,(H,35,36)(H,37,38)/b24-16-,27-18-,30-29?,33-26?/t23-/m0/s1. The van der Waals surface area contributed by atoms with Crippen LogP contribution in [-0.2, 0) is 9.59 Å². The van der Waals surface area contributed by atoms with Crippen molar-refractivity contribution in [3.8, 4) is 0 Å². The lowest BCUT2D eigenvalue weighted by Crippen LogP contribution is -2.22. The van der Waals surface area contributed by atoms with E-state index >= 15 is 0 Å². The maximum Gasteiger partial charge on any atom is 0.339 e. The van der Waals surface area contributed by atoms with Gasteiger partial charge in [0.25, 0.3) is 0 Å². The molecule has 1 saturated heterocycles. The molecule has 2 rings (SSSR count). The fourth-order valence-corrected chi connectivity index (χ4v) is 5.31. The van der Waals surface area contributed by atoms with Crippen molar-refractivity contribution in [2.45, 2.75) is 86.0 Å². The summed E-state index contributed by atoms with van der Waals surface area (Å²) in [5, 5.41) is 22.8. The summed E-state index contributed by atoms with van der Waals surface area (Å²) in [5.41, 5.74) is 8.84. The van der Waals surface area contributed by atoms with Crippen molar-refractivity contribution in [3.05, 3.63) is 69.3 Å². The van der Waals surface area contributed by atoms with Crippen LogP contribution in [0.1, 0.15) is 86.0 Å². The van der Waals surface area contributed by atoms with Gasteiger partial charge < -0.3 is 15.5 Å². The molecule has 1 aliphatic carbocycles. The third-order valence-corrected chi connectivity index (χ3v) is 7.17. The van der Waals surface area contributed by atoms with Gasteiger partial charge in [0.15, 0.2) is 0 Å². The first-order valence-corrected chi connectivity index (χ1v) is 13.5. The number of carboxylic acids is 2. The first-order valence-electron chi connectivity index (χ1n) is 13.5. The Balaban J connectivity index is 2.62. The highest BCUT2D eigenvalue weighted by atomic mass is 16.4. The minimum Gasteiger partial charge on any atom is -0.481 e. The Morgan fingerprint density at radius 2 is 1.84 bits per heavy atom. The third-order valence-electron chi connectivity index (χ3n) is 7.17. The maximum atomic E-state index is 12.4. The van der Waals surface area contributed by atoms with Crippen LogP contribution in [0, 0.1) is 5.92 Å². The fourth-order valence-electron chi connectivity index (χ4n) is 5.31. The van der Waals surface area contributed by atoms with E-state index in [0.29, 0.717) is 37.2 Å². The number of rotatable bonds is 12. The van der Waals surface area contributed by atoms with Gasteiger partial charge in [-0.2, -0.15) is 0 Å². The van der Waals surface area contributed by atoms with Gasteiger partial charge in [-0.1, -0.05) is 20.4 Å². The van der Waals surface area contributed by atoms with E-state index < -0.39 is 11.9 Å². The SMILES string of the molecule is C=N/C(=C\C1=C(CC)C(C)=C(/C=C2/C[C@H](CCC(=O)O)C(=C(C(=O)O)C(CC)=NCC)N2)CCC1)C(=C)C. The lowest BCUT2D eigenvalue weighted by molar-refractivity contribution is -0.137. The molecule has 1 fully saturated rings. The Hall–Kier alpha value is -3.48. The van der Waals surface area contributed by atoms with Gasteiger partial charge in [0.1, 0.15) is 0 Å². The van der Waals surface area contributed by atoms with Gasteiger partial charge in [0.05, 0.1) is 17.0 Å². The van der Waals surface area contributed by atoms with E-state index in [-0.39, 0.29) is 17.9 Å². The van der Waals surface area contributed by atoms with Crippen molar-refractivity contribution < 1.29 is 19.8 Å². The van der Waals surface area contributed by atoms with Crippen molar-refractivity contribution in [2.75, 3.05) is 6.54 Å². The van der Waals surface area contributed by atoms with Crippen LogP contribution in [-0.4, -0.2) is 41.1 Å². The second-order valence-corrected chi connectivity index (χ2v) is 9.83. The molecule has 0 amide bonds. The highest BCUT2D eigenvalue weighted by molar-refractivity contribution is 6.19. The lowest BCUT2D eigenvalue weighted by Gasteiger charge is -2.15. The number of carboxylic acid groups (broad SMARTS) is 2. The molecular formula is C31H43N3O4. The Kier molecular flexibility index (Phi) is 11.7. The zero-order valence-corrected chi connectivity index (χ0v) is 23.6. The van der Waals surface area contributed by atoms with Gasteiger partial charge in [-0.05, 0) is 112 Å². The van der Waals surface area contributed by atoms with E-state index in [1.807, 2.05) is 20.8 Å². The summed E-state index contributed by atoms with van der Waals surface area (Å²) in [5.74, 6) is -2.15. The quantitative estimate of drug-likeness (QED) is 0.147. The average molecular weight is 522 g/mol. The zero-order chi connectivity index (χ0) is 28.4. The van der Waals surface area contributed by atoms with Crippen LogP contribution in [0.4, 0.5) is 0 Å². The Bertz CT molecular complexity index is 1160. The lowest BCUT2D eigenvalue weighted by atomic mass is 9.92. The van der Waals surface area contributed by atoms with Gasteiger partial charge in [0, 0.05) is 30.3 Å². The molecule has 0 aromatic carbocycles. The molecule has 0 unspecified atom stereocenters. The number of hydrogen-bond acceptors (Lipinski definition) is 5. The number of allylic oxidation sites excluding steroid dienone is 9. The van der Waals surface area contributed by atoms with Crippen molar-refractivity contribution in [1.82, 2.24) is 5.32 Å². The van der Waals surface area contributed by atoms with E-state index in [9.17, 15) is 19.8 Å². The summed E-state index contributed by atoms with van der Waals surface area (Å²) in [6, 6.07) is 0. The van der Waals surface area contributed by atoms with E-state index in [0.717, 1.165) is 42.7 Å². The van der Waals surface area contributed by atoms with E-state index in [4.69, 9.17) is 0 Å². The number of carbonyl (C=O) groups is 2. The molecule has 0 aromatic rings. The van der Waals surface area contributed by atoms with Crippen LogP contribution in [0.3, 0.4) is 0 Å². The summed E-state index contributed by atoms with van der Waals surface area (Å²) in [4.78, 5) is 32.3. The fraction of sp³-hybridized carbons (Fsp3) is 0.484. The second-order valence-electron chi connectivity index (χ2n) is 9.83. The van der Waals surface area contributed by atoms with Crippen LogP contribution in [0.5, 0.6) is 0 Å². The second kappa shape index (κ2) is 14.5. The monoisotopic (exact) mass is 521 g/mol. The molecule has 1 aliphatic heterocycles. The number of nitrogens with zero attached hydrogens (tertiary/aromatic N) is 2. The molecule has 3 N–H and O–H groups in total. The van der Waals surface area contributed by atoms with E-state index in [1.165, 1.54) is 22.3 Å². The number of aliphatic carboxylic acids is 2. The van der Waals surface area contributed by atoms with Crippen molar-refractivity contribution in [1.29, 1.82) is 0 Å². The van der Waals surface area contributed by atoms with Gasteiger partial charge in [-0.25, -0.2) is 4.79 Å². The number of hydrogen-bond donors (Lipinski definition) is 3. The Morgan fingerprint density at radius 1 is 1.16 bits per heavy atom. The molecule has 2 aliphatic rings. The molecular weight excluding hydrogens is 478 g/mol. The first-order chi connectivity index (χ1) is 18.1. The minimum absolute atomic E-state index is 0.0229. The molecule has 1 atom stereocenters. The van der Waals surface area contributed by atoms with Crippen LogP contribution in [0.15, 0.2) is 79.2 Å². The molecule has 7 nitrogen and oxygen atoms in total.